The first-order chi connectivity index (χ1) is 26.0. The largest absolute Gasteiger partial charge is 0.393 e. The second-order valence-corrected chi connectivity index (χ2v) is 18.7. The van der Waals surface area contributed by atoms with Gasteiger partial charge in [0.1, 0.15) is 54.9 Å². The van der Waals surface area contributed by atoms with Gasteiger partial charge < -0.3 is 69.3 Å². The third-order valence-electron chi connectivity index (χ3n) is 14.7. The molecule has 14 heteroatoms. The fourth-order valence-electron chi connectivity index (χ4n) is 11.9. The first-order valence-corrected chi connectivity index (χ1v) is 20.8. The van der Waals surface area contributed by atoms with Crippen LogP contribution < -0.4 is 0 Å². The van der Waals surface area contributed by atoms with Crippen LogP contribution in [0, 0.1) is 40.4 Å². The number of aliphatic hydroxyl groups is 8. The number of aliphatic hydroxyl groups excluding tert-OH is 8. The SMILES string of the molecule is COC[C@@H](O)[C@@H]1O[C@@H](O[C@H]2[C@@H](O)[C@H](O[C@@H]3CC4=C5[C@@H](O)[C@@H](O)[C@H]6C[C@@H](O)CC[C@]6(C)[C@H]5CC[C@]4(C)[C@H]3[C@H](C)CCCC(C)C)O[C@H]2[C@H](O)COC)[C@H](O)[C@@H]1O. The van der Waals surface area contributed by atoms with Crippen molar-refractivity contribution in [2.24, 2.45) is 40.4 Å². The molecule has 0 aromatic carbocycles. The van der Waals surface area contributed by atoms with Crippen molar-refractivity contribution in [3.8, 4) is 0 Å². The summed E-state index contributed by atoms with van der Waals surface area (Å²) in [4.78, 5) is 0. The molecule has 2 heterocycles. The molecule has 318 valence electrons. The third-order valence-corrected chi connectivity index (χ3v) is 14.7. The quantitative estimate of drug-likeness (QED) is 0.110. The summed E-state index contributed by atoms with van der Waals surface area (Å²) in [6.07, 6.45) is -9.29. The van der Waals surface area contributed by atoms with Gasteiger partial charge in [-0.3, -0.25) is 0 Å². The van der Waals surface area contributed by atoms with Gasteiger partial charge in [0, 0.05) is 14.2 Å². The highest BCUT2D eigenvalue weighted by Crippen LogP contribution is 2.66. The lowest BCUT2D eigenvalue weighted by Crippen LogP contribution is -2.58. The maximum atomic E-state index is 11.9. The van der Waals surface area contributed by atoms with Crippen LogP contribution >= 0.6 is 0 Å². The molecule has 6 aliphatic rings. The van der Waals surface area contributed by atoms with Crippen LogP contribution in [0.15, 0.2) is 11.1 Å². The zero-order chi connectivity index (χ0) is 40.1. The predicted molar refractivity (Wildman–Crippen MR) is 198 cm³/mol. The normalized spacial score (nSPS) is 47.5. The van der Waals surface area contributed by atoms with Crippen LogP contribution in [0.3, 0.4) is 0 Å². The molecule has 0 unspecified atom stereocenters. The molecule has 0 amide bonds. The van der Waals surface area contributed by atoms with Gasteiger partial charge in [0.05, 0.1) is 31.5 Å². The lowest BCUT2D eigenvalue weighted by Gasteiger charge is -2.59. The molecule has 5 fully saturated rings. The van der Waals surface area contributed by atoms with Crippen molar-refractivity contribution in [2.45, 2.75) is 178 Å². The van der Waals surface area contributed by atoms with E-state index in [4.69, 9.17) is 28.4 Å². The van der Waals surface area contributed by atoms with Crippen LogP contribution in [-0.2, 0) is 28.4 Å². The summed E-state index contributed by atoms with van der Waals surface area (Å²) >= 11 is 0. The van der Waals surface area contributed by atoms with Gasteiger partial charge in [-0.1, -0.05) is 59.5 Å². The zero-order valence-corrected chi connectivity index (χ0v) is 33.8. The lowest BCUT2D eigenvalue weighted by atomic mass is 9.47. The molecule has 0 bridgehead atoms. The first kappa shape index (κ1) is 43.8. The Kier molecular flexibility index (Phi) is 13.9. The second kappa shape index (κ2) is 17.4. The number of fused-ring (bicyclic) bond motifs is 4. The van der Waals surface area contributed by atoms with Gasteiger partial charge in [0.15, 0.2) is 12.6 Å². The van der Waals surface area contributed by atoms with Crippen LogP contribution in [0.1, 0.15) is 92.4 Å². The van der Waals surface area contributed by atoms with Crippen LogP contribution in [0.5, 0.6) is 0 Å². The summed E-state index contributed by atoms with van der Waals surface area (Å²) in [5.74, 6) is 0.579. The monoisotopic (exact) mass is 786 g/mol. The van der Waals surface area contributed by atoms with E-state index in [1.165, 1.54) is 14.2 Å². The summed E-state index contributed by atoms with van der Waals surface area (Å²) in [5, 5.41) is 89.2. The number of hydrogen-bond donors (Lipinski definition) is 8. The lowest BCUT2D eigenvalue weighted by molar-refractivity contribution is -0.226. The molecular weight excluding hydrogens is 716 g/mol. The smallest absolute Gasteiger partial charge is 0.187 e. The Bertz CT molecular complexity index is 1320. The van der Waals surface area contributed by atoms with Crippen LogP contribution in [0.2, 0.25) is 0 Å². The molecule has 0 aromatic heterocycles. The zero-order valence-electron chi connectivity index (χ0n) is 33.8. The van der Waals surface area contributed by atoms with Crippen molar-refractivity contribution in [1.29, 1.82) is 0 Å². The average molecular weight is 787 g/mol. The summed E-state index contributed by atoms with van der Waals surface area (Å²) < 4.78 is 35.2. The van der Waals surface area contributed by atoms with Gasteiger partial charge in [-0.15, -0.1) is 0 Å². The van der Waals surface area contributed by atoms with Crippen LogP contribution in [0.4, 0.5) is 0 Å². The first-order valence-electron chi connectivity index (χ1n) is 20.8. The summed E-state index contributed by atoms with van der Waals surface area (Å²) in [6.45, 7) is 10.9. The van der Waals surface area contributed by atoms with Gasteiger partial charge in [-0.25, -0.2) is 0 Å². The van der Waals surface area contributed by atoms with Gasteiger partial charge in [-0.2, -0.15) is 0 Å². The maximum Gasteiger partial charge on any atom is 0.187 e. The van der Waals surface area contributed by atoms with E-state index in [-0.39, 0.29) is 47.7 Å². The molecule has 3 saturated carbocycles. The van der Waals surface area contributed by atoms with E-state index in [9.17, 15) is 40.9 Å². The highest BCUT2D eigenvalue weighted by atomic mass is 16.8. The highest BCUT2D eigenvalue weighted by Gasteiger charge is 2.63. The topological polar surface area (TPSA) is 217 Å². The van der Waals surface area contributed by atoms with E-state index in [2.05, 4.69) is 34.6 Å². The second-order valence-electron chi connectivity index (χ2n) is 18.7. The molecule has 2 saturated heterocycles. The van der Waals surface area contributed by atoms with Crippen molar-refractivity contribution >= 4 is 0 Å². The molecule has 0 spiro atoms. The number of rotatable bonds is 15. The van der Waals surface area contributed by atoms with Crippen molar-refractivity contribution in [3.05, 3.63) is 11.1 Å². The summed E-state index contributed by atoms with van der Waals surface area (Å²) in [5.41, 5.74) is 1.40. The number of methoxy groups -OCH3 is 2. The van der Waals surface area contributed by atoms with Gasteiger partial charge >= 0.3 is 0 Å². The van der Waals surface area contributed by atoms with E-state index >= 15 is 0 Å². The number of ether oxygens (including phenoxy) is 6. The van der Waals surface area contributed by atoms with E-state index in [1.807, 2.05) is 0 Å². The molecule has 0 aromatic rings. The predicted octanol–water partition coefficient (Wildman–Crippen LogP) is 1.40. The average Bonchev–Trinajstić information content (AvgIpc) is 3.71. The molecule has 55 heavy (non-hydrogen) atoms. The fraction of sp³-hybridized carbons (Fsp3) is 0.951. The van der Waals surface area contributed by atoms with Crippen molar-refractivity contribution < 1.29 is 69.3 Å². The molecule has 4 aliphatic carbocycles. The number of hydrogen-bond acceptors (Lipinski definition) is 14. The van der Waals surface area contributed by atoms with Gasteiger partial charge in [0.2, 0.25) is 0 Å². The molecule has 2 aliphatic heterocycles. The minimum atomic E-state index is -1.58. The standard InChI is InChI=1S/C41H70O14/c1-19(2)9-8-10-20(3)29-27(16-23-28-22(12-14-41(23,29)5)40(4)13-11-21(42)15-24(40)30(45)31(28)46)52-39-34(49)37(36(54-39)26(44)18-51-7)55-38-33(48)32(47)35(53-38)25(43)17-50-6/h19-22,24-27,29-39,42-49H,8-18H2,1-7H3/t20-,21+,22+,24-,25-,26-,27-,29+,30+,31-,32+,33-,34-,35+,36+,37+,38+,39-,40-,41+/m1/s1. The Morgan fingerprint density at radius 3 is 2.05 bits per heavy atom. The Hall–Kier alpha value is -0.820. The van der Waals surface area contributed by atoms with Crippen molar-refractivity contribution in [3.63, 3.8) is 0 Å². The minimum absolute atomic E-state index is 0.0255. The van der Waals surface area contributed by atoms with Crippen molar-refractivity contribution in [2.75, 3.05) is 27.4 Å². The molecule has 14 nitrogen and oxygen atoms in total. The molecule has 6 rings (SSSR count). The molecule has 0 radical (unpaired) electrons. The van der Waals surface area contributed by atoms with Crippen LogP contribution in [-0.4, -0.2) is 154 Å². The van der Waals surface area contributed by atoms with Gasteiger partial charge in [0.25, 0.3) is 0 Å². The van der Waals surface area contributed by atoms with E-state index in [0.717, 1.165) is 49.7 Å². The minimum Gasteiger partial charge on any atom is -0.393 e. The van der Waals surface area contributed by atoms with Gasteiger partial charge in [-0.05, 0) is 84.5 Å². The third kappa shape index (κ3) is 8.09. The van der Waals surface area contributed by atoms with E-state index in [0.29, 0.717) is 25.2 Å². The van der Waals surface area contributed by atoms with E-state index in [1.54, 1.807) is 0 Å². The van der Waals surface area contributed by atoms with Crippen molar-refractivity contribution in [1.82, 2.24) is 0 Å². The Morgan fingerprint density at radius 1 is 0.764 bits per heavy atom. The molecule has 20 atom stereocenters. The highest BCUT2D eigenvalue weighted by molar-refractivity contribution is 5.39. The summed E-state index contributed by atoms with van der Waals surface area (Å²) in [7, 11) is 2.80. The Balaban J connectivity index is 1.30. The molecule has 8 N–H and O–H groups in total. The fourth-order valence-corrected chi connectivity index (χ4v) is 11.9. The van der Waals surface area contributed by atoms with E-state index < -0.39 is 85.8 Å². The summed E-state index contributed by atoms with van der Waals surface area (Å²) in [6, 6.07) is 0. The molecular formula is C41H70O14. The Labute approximate surface area is 326 Å². The van der Waals surface area contributed by atoms with Crippen LogP contribution in [0.25, 0.3) is 0 Å². The maximum absolute atomic E-state index is 11.9. The Morgan fingerprint density at radius 2 is 1.40 bits per heavy atom.